The third kappa shape index (κ3) is 3.35. The average molecular weight is 450 g/mol. The van der Waals surface area contributed by atoms with E-state index in [9.17, 15) is 0 Å². The van der Waals surface area contributed by atoms with Crippen LogP contribution in [0.1, 0.15) is 0 Å². The Morgan fingerprint density at radius 3 is 2.03 bits per heavy atom. The van der Waals surface area contributed by atoms with E-state index < -0.39 is 0 Å². The van der Waals surface area contributed by atoms with Gasteiger partial charge in [0, 0.05) is 22.1 Å². The van der Waals surface area contributed by atoms with Crippen molar-refractivity contribution >= 4 is 32.8 Å². The van der Waals surface area contributed by atoms with Gasteiger partial charge in [-0.1, -0.05) is 84.9 Å². The molecule has 0 spiro atoms. The first-order chi connectivity index (χ1) is 17.3. The fourth-order valence-electron chi connectivity index (χ4n) is 4.60. The summed E-state index contributed by atoms with van der Waals surface area (Å²) in [5.74, 6) is 1.30. The molecule has 0 unspecified atom stereocenters. The van der Waals surface area contributed by atoms with E-state index >= 15 is 0 Å². The van der Waals surface area contributed by atoms with Gasteiger partial charge in [-0.25, -0.2) is 15.0 Å². The lowest BCUT2D eigenvalue weighted by Crippen LogP contribution is -1.95. The first-order valence-corrected chi connectivity index (χ1v) is 11.5. The predicted molar refractivity (Wildman–Crippen MR) is 141 cm³/mol. The molecule has 0 fully saturated rings. The van der Waals surface area contributed by atoms with Gasteiger partial charge in [0.05, 0.1) is 11.2 Å². The first kappa shape index (κ1) is 19.6. The van der Waals surface area contributed by atoms with E-state index in [1.807, 2.05) is 66.7 Å². The molecule has 0 amide bonds. The molecule has 0 atom stereocenters. The van der Waals surface area contributed by atoms with Crippen molar-refractivity contribution < 1.29 is 4.42 Å². The highest BCUT2D eigenvalue weighted by atomic mass is 16.3. The van der Waals surface area contributed by atoms with Gasteiger partial charge in [-0.3, -0.25) is 0 Å². The number of fused-ring (bicyclic) bond motifs is 3. The van der Waals surface area contributed by atoms with Gasteiger partial charge in [-0.15, -0.1) is 0 Å². The molecule has 7 aromatic rings. The summed E-state index contributed by atoms with van der Waals surface area (Å²) >= 11 is 0. The zero-order chi connectivity index (χ0) is 23.2. The van der Waals surface area contributed by atoms with Crippen LogP contribution in [-0.4, -0.2) is 15.0 Å². The van der Waals surface area contributed by atoms with Crippen LogP contribution in [0.15, 0.2) is 120 Å². The normalized spacial score (nSPS) is 11.4. The van der Waals surface area contributed by atoms with Crippen LogP contribution < -0.4 is 0 Å². The van der Waals surface area contributed by atoms with E-state index in [1.54, 1.807) is 0 Å². The minimum absolute atomic E-state index is 0.605. The SMILES string of the molecule is c1ccc2c(-c3nc(-c4ccc(-c5nc6ccccc6o5)cc4)nc4ccccc34)cccc2c1. The summed E-state index contributed by atoms with van der Waals surface area (Å²) in [5, 5.41) is 3.41. The molecule has 2 heterocycles. The summed E-state index contributed by atoms with van der Waals surface area (Å²) in [6, 6.07) is 38.8. The van der Waals surface area contributed by atoms with Crippen LogP contribution in [-0.2, 0) is 0 Å². The average Bonchev–Trinajstić information content (AvgIpc) is 3.37. The Balaban J connectivity index is 1.37. The largest absolute Gasteiger partial charge is 0.436 e. The quantitative estimate of drug-likeness (QED) is 0.275. The Labute approximate surface area is 201 Å². The molecule has 5 aromatic carbocycles. The summed E-state index contributed by atoms with van der Waals surface area (Å²) in [6.45, 7) is 0. The standard InChI is InChI=1S/C31H19N3O/c1-2-10-23-20(8-1)9-7-12-24(23)29-25-11-3-4-13-26(25)32-30(34-29)21-16-18-22(19-17-21)31-33-27-14-5-6-15-28(27)35-31/h1-19H. The predicted octanol–water partition coefficient (Wildman–Crippen LogP) is 7.93. The second-order valence-electron chi connectivity index (χ2n) is 8.50. The molecule has 0 bridgehead atoms. The van der Waals surface area contributed by atoms with Crippen LogP contribution in [0.3, 0.4) is 0 Å². The van der Waals surface area contributed by atoms with Crippen molar-refractivity contribution in [3.63, 3.8) is 0 Å². The van der Waals surface area contributed by atoms with Crippen molar-refractivity contribution in [1.82, 2.24) is 15.0 Å². The molecule has 0 N–H and O–H groups in total. The van der Waals surface area contributed by atoms with Gasteiger partial charge in [-0.2, -0.15) is 0 Å². The lowest BCUT2D eigenvalue weighted by molar-refractivity contribution is 0.620. The van der Waals surface area contributed by atoms with Crippen LogP contribution in [0.25, 0.3) is 66.9 Å². The van der Waals surface area contributed by atoms with Gasteiger partial charge in [-0.05, 0) is 41.1 Å². The molecule has 4 heteroatoms. The maximum Gasteiger partial charge on any atom is 0.227 e. The monoisotopic (exact) mass is 449 g/mol. The maximum atomic E-state index is 5.93. The molecule has 0 saturated carbocycles. The van der Waals surface area contributed by atoms with Crippen molar-refractivity contribution in [2.45, 2.75) is 0 Å². The number of aromatic nitrogens is 3. The zero-order valence-corrected chi connectivity index (χ0v) is 18.7. The fourth-order valence-corrected chi connectivity index (χ4v) is 4.60. The van der Waals surface area contributed by atoms with Crippen molar-refractivity contribution in [2.24, 2.45) is 0 Å². The van der Waals surface area contributed by atoms with Crippen LogP contribution in [0.2, 0.25) is 0 Å². The molecule has 164 valence electrons. The van der Waals surface area contributed by atoms with Crippen molar-refractivity contribution in [3.8, 4) is 34.1 Å². The third-order valence-corrected chi connectivity index (χ3v) is 6.33. The highest BCUT2D eigenvalue weighted by Crippen LogP contribution is 2.34. The highest BCUT2D eigenvalue weighted by molar-refractivity contribution is 6.03. The molecule has 0 saturated heterocycles. The Morgan fingerprint density at radius 1 is 0.486 bits per heavy atom. The summed E-state index contributed by atoms with van der Waals surface area (Å²) in [6.07, 6.45) is 0. The van der Waals surface area contributed by atoms with E-state index in [0.29, 0.717) is 11.7 Å². The molecule has 35 heavy (non-hydrogen) atoms. The number of benzene rings is 5. The number of rotatable bonds is 3. The molecule has 0 radical (unpaired) electrons. The van der Waals surface area contributed by atoms with Crippen LogP contribution in [0.4, 0.5) is 0 Å². The van der Waals surface area contributed by atoms with E-state index in [4.69, 9.17) is 14.4 Å². The second kappa shape index (κ2) is 7.89. The minimum atomic E-state index is 0.605. The Bertz CT molecular complexity index is 1810. The van der Waals surface area contributed by atoms with Gasteiger partial charge in [0.1, 0.15) is 5.52 Å². The smallest absolute Gasteiger partial charge is 0.227 e. The Hall–Kier alpha value is -4.83. The van der Waals surface area contributed by atoms with E-state index in [0.717, 1.165) is 44.4 Å². The molecule has 7 rings (SSSR count). The lowest BCUT2D eigenvalue weighted by Gasteiger charge is -2.11. The van der Waals surface area contributed by atoms with Crippen molar-refractivity contribution in [2.75, 3.05) is 0 Å². The molecule has 2 aromatic heterocycles. The minimum Gasteiger partial charge on any atom is -0.436 e. The number of oxazole rings is 1. The third-order valence-electron chi connectivity index (χ3n) is 6.33. The van der Waals surface area contributed by atoms with Crippen LogP contribution >= 0.6 is 0 Å². The summed E-state index contributed by atoms with van der Waals surface area (Å²) in [7, 11) is 0. The number of para-hydroxylation sites is 3. The van der Waals surface area contributed by atoms with Crippen LogP contribution in [0, 0.1) is 0 Å². The fraction of sp³-hybridized carbons (Fsp3) is 0. The van der Waals surface area contributed by atoms with Gasteiger partial charge in [0.15, 0.2) is 11.4 Å². The Kier molecular flexibility index (Phi) is 4.42. The van der Waals surface area contributed by atoms with Crippen molar-refractivity contribution in [3.05, 3.63) is 115 Å². The number of nitrogens with zero attached hydrogens (tertiary/aromatic N) is 3. The van der Waals surface area contributed by atoms with E-state index in [1.165, 1.54) is 10.8 Å². The molecule has 0 aliphatic heterocycles. The summed E-state index contributed by atoms with van der Waals surface area (Å²) in [4.78, 5) is 14.6. The van der Waals surface area contributed by atoms with E-state index in [-0.39, 0.29) is 0 Å². The molecule has 4 nitrogen and oxygen atoms in total. The number of hydrogen-bond donors (Lipinski definition) is 0. The van der Waals surface area contributed by atoms with Gasteiger partial charge in [0.2, 0.25) is 5.89 Å². The van der Waals surface area contributed by atoms with Crippen LogP contribution in [0.5, 0.6) is 0 Å². The maximum absolute atomic E-state index is 5.93. The lowest BCUT2D eigenvalue weighted by atomic mass is 9.99. The van der Waals surface area contributed by atoms with Gasteiger partial charge < -0.3 is 4.42 Å². The second-order valence-corrected chi connectivity index (χ2v) is 8.50. The Morgan fingerprint density at radius 2 is 1.17 bits per heavy atom. The number of hydrogen-bond acceptors (Lipinski definition) is 4. The topological polar surface area (TPSA) is 51.8 Å². The highest BCUT2D eigenvalue weighted by Gasteiger charge is 2.14. The first-order valence-electron chi connectivity index (χ1n) is 11.5. The molecule has 0 aliphatic rings. The van der Waals surface area contributed by atoms with Gasteiger partial charge in [0.25, 0.3) is 0 Å². The van der Waals surface area contributed by atoms with Gasteiger partial charge >= 0.3 is 0 Å². The van der Waals surface area contributed by atoms with Crippen molar-refractivity contribution in [1.29, 1.82) is 0 Å². The molecular formula is C31H19N3O. The molecular weight excluding hydrogens is 430 g/mol. The summed E-state index contributed by atoms with van der Waals surface area (Å²) < 4.78 is 5.93. The summed E-state index contributed by atoms with van der Waals surface area (Å²) in [5.41, 5.74) is 6.45. The van der Waals surface area contributed by atoms with E-state index in [2.05, 4.69) is 53.5 Å². The zero-order valence-electron chi connectivity index (χ0n) is 18.7. The molecule has 0 aliphatic carbocycles.